The van der Waals surface area contributed by atoms with Gasteiger partial charge in [-0.1, -0.05) is 23.7 Å². The lowest BCUT2D eigenvalue weighted by Crippen LogP contribution is -2.45. The van der Waals surface area contributed by atoms with Crippen LogP contribution >= 0.6 is 11.6 Å². The molecule has 0 spiro atoms. The molecular weight excluding hydrogens is 394 g/mol. The van der Waals surface area contributed by atoms with E-state index in [4.69, 9.17) is 21.4 Å². The molecule has 3 unspecified atom stereocenters. The predicted octanol–water partition coefficient (Wildman–Crippen LogP) is 3.56. The van der Waals surface area contributed by atoms with Crippen LogP contribution in [0, 0.1) is 5.92 Å². The summed E-state index contributed by atoms with van der Waals surface area (Å²) >= 11 is 5.92. The number of carbonyl (C=O) groups is 2. The third kappa shape index (κ3) is 4.68. The summed E-state index contributed by atoms with van der Waals surface area (Å²) in [5.41, 5.74) is 1.65. The summed E-state index contributed by atoms with van der Waals surface area (Å²) in [7, 11) is 1.76. The second-order valence-corrected chi connectivity index (χ2v) is 7.35. The van der Waals surface area contributed by atoms with Crippen molar-refractivity contribution in [1.29, 1.82) is 0 Å². The average Bonchev–Trinajstić information content (AvgIpc) is 2.96. The molecule has 1 aliphatic rings. The number of hydrazone groups is 1. The van der Waals surface area contributed by atoms with Gasteiger partial charge in [-0.2, -0.15) is 5.10 Å². The van der Waals surface area contributed by atoms with E-state index in [-0.39, 0.29) is 17.5 Å². The van der Waals surface area contributed by atoms with Crippen molar-refractivity contribution in [2.75, 3.05) is 7.05 Å². The van der Waals surface area contributed by atoms with Gasteiger partial charge in [-0.05, 0) is 55.8 Å². The maximum Gasteiger partial charge on any atom is 0.335 e. The molecule has 3 atom stereocenters. The zero-order valence-corrected chi connectivity index (χ0v) is 17.1. The Kier molecular flexibility index (Phi) is 6.08. The molecule has 0 radical (unpaired) electrons. The van der Waals surface area contributed by atoms with E-state index < -0.39 is 18.1 Å². The molecule has 3 rings (SSSR count). The minimum atomic E-state index is -0.990. The Morgan fingerprint density at radius 1 is 1.17 bits per heavy atom. The minimum Gasteiger partial charge on any atom is -0.478 e. The molecule has 2 aromatic rings. The van der Waals surface area contributed by atoms with Gasteiger partial charge in [0.2, 0.25) is 12.1 Å². The van der Waals surface area contributed by atoms with Crippen LogP contribution in [-0.4, -0.2) is 41.0 Å². The lowest BCUT2D eigenvalue weighted by molar-refractivity contribution is -0.127. The first kappa shape index (κ1) is 20.7. The third-order valence-electron chi connectivity index (χ3n) is 4.79. The molecule has 0 aliphatic carbocycles. The van der Waals surface area contributed by atoms with Gasteiger partial charge in [0.25, 0.3) is 0 Å². The van der Waals surface area contributed by atoms with Gasteiger partial charge in [-0.3, -0.25) is 9.80 Å². The highest BCUT2D eigenvalue weighted by Crippen LogP contribution is 2.26. The van der Waals surface area contributed by atoms with Crippen LogP contribution in [-0.2, 0) is 4.79 Å². The van der Waals surface area contributed by atoms with Gasteiger partial charge in [0.1, 0.15) is 11.7 Å². The molecule has 152 valence electrons. The zero-order chi connectivity index (χ0) is 21.1. The van der Waals surface area contributed by atoms with Gasteiger partial charge in [-0.25, -0.2) is 4.79 Å². The van der Waals surface area contributed by atoms with Gasteiger partial charge in [-0.15, -0.1) is 0 Å². The van der Waals surface area contributed by atoms with Gasteiger partial charge in [0.05, 0.1) is 17.3 Å². The van der Waals surface area contributed by atoms with Crippen molar-refractivity contribution in [1.82, 2.24) is 10.3 Å². The van der Waals surface area contributed by atoms with Crippen LogP contribution in [0.1, 0.15) is 35.8 Å². The molecule has 0 fully saturated rings. The van der Waals surface area contributed by atoms with Crippen molar-refractivity contribution in [3.63, 3.8) is 0 Å². The summed E-state index contributed by atoms with van der Waals surface area (Å²) < 4.78 is 6.00. The number of carboxylic acid groups (broad SMARTS) is 1. The van der Waals surface area contributed by atoms with E-state index in [1.54, 1.807) is 55.4 Å². The fraction of sp³-hybridized carbons (Fsp3) is 0.286. The van der Waals surface area contributed by atoms with Crippen molar-refractivity contribution in [3.05, 3.63) is 64.7 Å². The van der Waals surface area contributed by atoms with Crippen molar-refractivity contribution < 1.29 is 19.4 Å². The highest BCUT2D eigenvalue weighted by Gasteiger charge is 2.40. The van der Waals surface area contributed by atoms with E-state index in [0.29, 0.717) is 16.5 Å². The number of hydrogen-bond donors (Lipinski definition) is 2. The molecule has 2 aromatic carbocycles. The monoisotopic (exact) mass is 415 g/mol. The summed E-state index contributed by atoms with van der Waals surface area (Å²) in [6, 6.07) is 13.0. The zero-order valence-electron chi connectivity index (χ0n) is 16.3. The minimum absolute atomic E-state index is 0.198. The summed E-state index contributed by atoms with van der Waals surface area (Å²) in [4.78, 5) is 24.0. The smallest absolute Gasteiger partial charge is 0.335 e. The molecule has 29 heavy (non-hydrogen) atoms. The Bertz CT molecular complexity index is 928. The van der Waals surface area contributed by atoms with Crippen LogP contribution < -0.4 is 10.1 Å². The molecule has 0 saturated carbocycles. The Morgan fingerprint density at radius 3 is 2.38 bits per heavy atom. The summed E-state index contributed by atoms with van der Waals surface area (Å²) in [5, 5.41) is 18.6. The van der Waals surface area contributed by atoms with Gasteiger partial charge < -0.3 is 15.2 Å². The lowest BCUT2D eigenvalue weighted by Gasteiger charge is -2.26. The number of amides is 1. The number of carboxylic acids is 1. The van der Waals surface area contributed by atoms with Crippen LogP contribution in [0.25, 0.3) is 0 Å². The van der Waals surface area contributed by atoms with Crippen LogP contribution in [0.2, 0.25) is 5.02 Å². The first-order valence-corrected chi connectivity index (χ1v) is 9.48. The molecule has 0 bridgehead atoms. The van der Waals surface area contributed by atoms with Crippen LogP contribution in [0.3, 0.4) is 0 Å². The highest BCUT2D eigenvalue weighted by atomic mass is 35.5. The van der Waals surface area contributed by atoms with E-state index in [1.807, 2.05) is 6.92 Å². The number of rotatable bonds is 6. The maximum atomic E-state index is 13.0. The highest BCUT2D eigenvalue weighted by molar-refractivity contribution is 6.30. The van der Waals surface area contributed by atoms with Crippen molar-refractivity contribution in [3.8, 4) is 5.75 Å². The predicted molar refractivity (Wildman–Crippen MR) is 110 cm³/mol. The topological polar surface area (TPSA) is 91.2 Å². The molecule has 2 N–H and O–H groups in total. The fourth-order valence-electron chi connectivity index (χ4n) is 3.21. The number of aromatic carboxylic acids is 1. The number of nitrogens with zero attached hydrogens (tertiary/aromatic N) is 2. The largest absolute Gasteiger partial charge is 0.478 e. The average molecular weight is 416 g/mol. The number of hydrogen-bond acceptors (Lipinski definition) is 5. The number of nitrogens with one attached hydrogen (secondary N) is 1. The summed E-state index contributed by atoms with van der Waals surface area (Å²) in [6.07, 6.45) is -0.585. The van der Waals surface area contributed by atoms with Crippen molar-refractivity contribution >= 4 is 29.2 Å². The number of ether oxygens (including phenoxy) is 1. The Labute approximate surface area is 173 Å². The lowest BCUT2D eigenvalue weighted by atomic mass is 10.0. The Morgan fingerprint density at radius 2 is 1.79 bits per heavy atom. The first-order chi connectivity index (χ1) is 13.8. The van der Waals surface area contributed by atoms with Crippen LogP contribution in [0.15, 0.2) is 53.6 Å². The molecule has 0 aromatic heterocycles. The quantitative estimate of drug-likeness (QED) is 0.752. The van der Waals surface area contributed by atoms with E-state index in [1.165, 1.54) is 12.1 Å². The Balaban J connectivity index is 1.72. The van der Waals surface area contributed by atoms with E-state index in [9.17, 15) is 9.59 Å². The van der Waals surface area contributed by atoms with E-state index in [2.05, 4.69) is 10.4 Å². The third-order valence-corrected chi connectivity index (χ3v) is 5.04. The summed E-state index contributed by atoms with van der Waals surface area (Å²) in [5.74, 6) is -1.21. The van der Waals surface area contributed by atoms with Gasteiger partial charge >= 0.3 is 5.97 Å². The molecule has 1 heterocycles. The fourth-order valence-corrected chi connectivity index (χ4v) is 3.33. The first-order valence-electron chi connectivity index (χ1n) is 9.10. The number of carbonyl (C=O) groups excluding carboxylic acids is 1. The van der Waals surface area contributed by atoms with Crippen LogP contribution in [0.5, 0.6) is 5.75 Å². The number of halogens is 1. The van der Waals surface area contributed by atoms with Crippen LogP contribution in [0.4, 0.5) is 0 Å². The maximum absolute atomic E-state index is 13.0. The van der Waals surface area contributed by atoms with Crippen molar-refractivity contribution in [2.45, 2.75) is 26.1 Å². The summed E-state index contributed by atoms with van der Waals surface area (Å²) in [6.45, 7) is 3.63. The molecule has 7 nitrogen and oxygen atoms in total. The van der Waals surface area contributed by atoms with Gasteiger partial charge in [0.15, 0.2) is 0 Å². The number of benzene rings is 2. The second kappa shape index (κ2) is 8.53. The normalized spacial score (nSPS) is 19.4. The van der Waals surface area contributed by atoms with Crippen molar-refractivity contribution in [2.24, 2.45) is 11.0 Å². The Hall–Kier alpha value is -3.06. The SMILES string of the molecule is CC1=NN(C)C(Oc2ccc(Cl)cc2)C1C(=O)NC(C)c1ccc(C(=O)O)cc1. The molecule has 0 saturated heterocycles. The van der Waals surface area contributed by atoms with E-state index >= 15 is 0 Å². The second-order valence-electron chi connectivity index (χ2n) is 6.91. The molecule has 1 aliphatic heterocycles. The molecule has 1 amide bonds. The molecular formula is C21H22ClN3O4. The molecule has 8 heteroatoms. The van der Waals surface area contributed by atoms with Gasteiger partial charge in [0, 0.05) is 12.1 Å². The van der Waals surface area contributed by atoms with E-state index in [0.717, 1.165) is 5.56 Å². The standard InChI is InChI=1S/C21H22ClN3O4/c1-12(14-4-6-15(7-5-14)21(27)28)23-19(26)18-13(2)24-25(3)20(18)29-17-10-8-16(22)9-11-17/h4-12,18,20H,1-3H3,(H,23,26)(H,27,28).